The van der Waals surface area contributed by atoms with Gasteiger partial charge in [-0.2, -0.15) is 11.8 Å². The third kappa shape index (κ3) is 6.47. The lowest BCUT2D eigenvalue weighted by Crippen LogP contribution is -2.16. The molecule has 1 N–H and O–H groups in total. The molecule has 0 aromatic carbocycles. The summed E-state index contributed by atoms with van der Waals surface area (Å²) in [5.41, 5.74) is 0. The molecule has 1 unspecified atom stereocenters. The predicted octanol–water partition coefficient (Wildman–Crippen LogP) is 1.06. The van der Waals surface area contributed by atoms with Crippen molar-refractivity contribution in [3.05, 3.63) is 0 Å². The fourth-order valence-corrected chi connectivity index (χ4v) is 1.47. The van der Waals surface area contributed by atoms with Gasteiger partial charge in [-0.15, -0.1) is 11.6 Å². The van der Waals surface area contributed by atoms with E-state index in [9.17, 15) is 4.79 Å². The summed E-state index contributed by atoms with van der Waals surface area (Å²) in [5.74, 6) is 0.254. The fraction of sp³-hybridized carbons (Fsp3) is 0.833. The first-order chi connectivity index (χ1) is 5.18. The first-order valence-electron chi connectivity index (χ1n) is 3.12. The Hall–Kier alpha value is 0.0700. The monoisotopic (exact) mass is 198 g/mol. The zero-order chi connectivity index (χ0) is 8.69. The summed E-state index contributed by atoms with van der Waals surface area (Å²) in [6, 6.07) is 0. The van der Waals surface area contributed by atoms with Crippen LogP contribution < -0.4 is 0 Å². The predicted molar refractivity (Wildman–Crippen MR) is 46.5 cm³/mol. The van der Waals surface area contributed by atoms with Crippen LogP contribution in [-0.4, -0.2) is 41.7 Å². The number of aliphatic carboxylic acids is 1. The van der Waals surface area contributed by atoms with Crippen LogP contribution in [0.15, 0.2) is 0 Å². The molecule has 0 saturated carbocycles. The normalized spacial score (nSPS) is 12.9. The lowest BCUT2D eigenvalue weighted by atomic mass is 10.5. The van der Waals surface area contributed by atoms with Gasteiger partial charge in [0, 0.05) is 18.6 Å². The van der Waals surface area contributed by atoms with Crippen molar-refractivity contribution in [3.63, 3.8) is 0 Å². The van der Waals surface area contributed by atoms with Crippen molar-refractivity contribution < 1.29 is 14.6 Å². The van der Waals surface area contributed by atoms with Gasteiger partial charge in [0.25, 0.3) is 0 Å². The lowest BCUT2D eigenvalue weighted by molar-refractivity contribution is -0.136. The molecule has 11 heavy (non-hydrogen) atoms. The van der Waals surface area contributed by atoms with E-state index in [1.165, 1.54) is 11.8 Å². The standard InChI is InChI=1S/C6H11ClO3S/c1-10-2-3-11-4-5(7)6(8)9/h5H,2-4H2,1H3,(H,8,9). The first kappa shape index (κ1) is 11.1. The molecule has 0 aliphatic rings. The molecule has 66 valence electrons. The average Bonchev–Trinajstić information content (AvgIpc) is 1.97. The number of hydrogen-bond donors (Lipinski definition) is 1. The van der Waals surface area contributed by atoms with Gasteiger partial charge >= 0.3 is 5.97 Å². The SMILES string of the molecule is COCCSCC(Cl)C(=O)O. The summed E-state index contributed by atoms with van der Waals surface area (Å²) in [6.45, 7) is 0.633. The van der Waals surface area contributed by atoms with Crippen molar-refractivity contribution in [2.24, 2.45) is 0 Å². The molecule has 0 radical (unpaired) electrons. The van der Waals surface area contributed by atoms with Gasteiger partial charge in [-0.3, -0.25) is 4.79 Å². The van der Waals surface area contributed by atoms with Crippen LogP contribution in [0.4, 0.5) is 0 Å². The van der Waals surface area contributed by atoms with Gasteiger partial charge in [-0.1, -0.05) is 0 Å². The van der Waals surface area contributed by atoms with Gasteiger partial charge in [-0.05, 0) is 0 Å². The van der Waals surface area contributed by atoms with E-state index in [0.29, 0.717) is 12.4 Å². The van der Waals surface area contributed by atoms with Crippen molar-refractivity contribution in [3.8, 4) is 0 Å². The van der Waals surface area contributed by atoms with Crippen LogP contribution in [0.3, 0.4) is 0 Å². The maximum absolute atomic E-state index is 10.2. The van der Waals surface area contributed by atoms with Crippen LogP contribution in [0, 0.1) is 0 Å². The highest BCUT2D eigenvalue weighted by atomic mass is 35.5. The first-order valence-corrected chi connectivity index (χ1v) is 4.71. The van der Waals surface area contributed by atoms with Crippen LogP contribution in [0.5, 0.6) is 0 Å². The van der Waals surface area contributed by atoms with E-state index in [-0.39, 0.29) is 0 Å². The topological polar surface area (TPSA) is 46.5 Å². The smallest absolute Gasteiger partial charge is 0.322 e. The van der Waals surface area contributed by atoms with Crippen LogP contribution >= 0.6 is 23.4 Å². The zero-order valence-corrected chi connectivity index (χ0v) is 7.82. The Bertz CT molecular complexity index is 120. The number of alkyl halides is 1. The van der Waals surface area contributed by atoms with E-state index in [4.69, 9.17) is 21.4 Å². The number of ether oxygens (including phenoxy) is 1. The Morgan fingerprint density at radius 2 is 2.45 bits per heavy atom. The molecular weight excluding hydrogens is 188 g/mol. The van der Waals surface area contributed by atoms with Crippen LogP contribution in [-0.2, 0) is 9.53 Å². The lowest BCUT2D eigenvalue weighted by Gasteiger charge is -2.02. The minimum atomic E-state index is -0.961. The van der Waals surface area contributed by atoms with Crippen molar-refractivity contribution in [2.45, 2.75) is 5.38 Å². The van der Waals surface area contributed by atoms with Gasteiger partial charge in [0.05, 0.1) is 6.61 Å². The molecule has 0 fully saturated rings. The number of rotatable bonds is 6. The van der Waals surface area contributed by atoms with Crippen molar-refractivity contribution in [1.29, 1.82) is 0 Å². The largest absolute Gasteiger partial charge is 0.480 e. The molecular formula is C6H11ClO3S. The summed E-state index contributed by atoms with van der Waals surface area (Å²) in [5, 5.41) is 7.58. The number of thioether (sulfide) groups is 1. The molecule has 0 aliphatic carbocycles. The molecule has 0 spiro atoms. The number of halogens is 1. The Morgan fingerprint density at radius 3 is 2.91 bits per heavy atom. The van der Waals surface area contributed by atoms with Crippen LogP contribution in [0.1, 0.15) is 0 Å². The summed E-state index contributed by atoms with van der Waals surface area (Å²) >= 11 is 6.91. The molecule has 5 heteroatoms. The molecule has 0 heterocycles. The van der Waals surface area contributed by atoms with Crippen molar-refractivity contribution in [1.82, 2.24) is 0 Å². The zero-order valence-electron chi connectivity index (χ0n) is 6.25. The van der Waals surface area contributed by atoms with E-state index in [0.717, 1.165) is 5.75 Å². The number of carboxylic acid groups (broad SMARTS) is 1. The second-order valence-electron chi connectivity index (χ2n) is 1.87. The molecule has 3 nitrogen and oxygen atoms in total. The molecule has 0 amide bonds. The summed E-state index contributed by atoms with van der Waals surface area (Å²) in [7, 11) is 1.61. The summed E-state index contributed by atoms with van der Waals surface area (Å²) in [4.78, 5) is 10.2. The number of carbonyl (C=O) groups is 1. The van der Waals surface area contributed by atoms with Gasteiger partial charge in [0.15, 0.2) is 0 Å². The van der Waals surface area contributed by atoms with E-state index < -0.39 is 11.3 Å². The Kier molecular flexibility index (Phi) is 6.80. The highest BCUT2D eigenvalue weighted by Crippen LogP contribution is 2.07. The maximum atomic E-state index is 10.2. The van der Waals surface area contributed by atoms with Crippen molar-refractivity contribution in [2.75, 3.05) is 25.2 Å². The second kappa shape index (κ2) is 6.76. The minimum Gasteiger partial charge on any atom is -0.480 e. The Morgan fingerprint density at radius 1 is 1.82 bits per heavy atom. The molecule has 0 bridgehead atoms. The average molecular weight is 199 g/mol. The third-order valence-electron chi connectivity index (χ3n) is 0.964. The second-order valence-corrected chi connectivity index (χ2v) is 3.55. The highest BCUT2D eigenvalue weighted by molar-refractivity contribution is 7.99. The quantitative estimate of drug-likeness (QED) is 0.512. The molecule has 0 aliphatic heterocycles. The van der Waals surface area contributed by atoms with Gasteiger partial charge in [-0.25, -0.2) is 0 Å². The van der Waals surface area contributed by atoms with Crippen LogP contribution in [0.2, 0.25) is 0 Å². The molecule has 1 atom stereocenters. The molecule has 0 saturated heterocycles. The van der Waals surface area contributed by atoms with E-state index in [2.05, 4.69) is 0 Å². The Balaban J connectivity index is 3.17. The van der Waals surface area contributed by atoms with E-state index >= 15 is 0 Å². The molecule has 0 aromatic heterocycles. The summed E-state index contributed by atoms with van der Waals surface area (Å²) in [6.07, 6.45) is 0. The summed E-state index contributed by atoms with van der Waals surface area (Å²) < 4.78 is 4.77. The van der Waals surface area contributed by atoms with Gasteiger partial charge in [0.1, 0.15) is 5.38 Å². The van der Waals surface area contributed by atoms with Crippen LogP contribution in [0.25, 0.3) is 0 Å². The molecule has 0 aromatic rings. The number of carboxylic acids is 1. The Labute approximate surface area is 75.1 Å². The third-order valence-corrected chi connectivity index (χ3v) is 2.51. The van der Waals surface area contributed by atoms with E-state index in [1.54, 1.807) is 7.11 Å². The maximum Gasteiger partial charge on any atom is 0.322 e. The van der Waals surface area contributed by atoms with Gasteiger partial charge < -0.3 is 9.84 Å². The molecule has 0 rings (SSSR count). The van der Waals surface area contributed by atoms with Gasteiger partial charge in [0.2, 0.25) is 0 Å². The highest BCUT2D eigenvalue weighted by Gasteiger charge is 2.12. The van der Waals surface area contributed by atoms with Crippen molar-refractivity contribution >= 4 is 29.3 Å². The van der Waals surface area contributed by atoms with E-state index in [1.807, 2.05) is 0 Å². The minimum absolute atomic E-state index is 0.431. The number of methoxy groups -OCH3 is 1. The number of hydrogen-bond acceptors (Lipinski definition) is 3. The fourth-order valence-electron chi connectivity index (χ4n) is 0.400.